The lowest BCUT2D eigenvalue weighted by Gasteiger charge is -2.07. The molecule has 2 aromatic heterocycles. The van der Waals surface area contributed by atoms with Gasteiger partial charge in [-0.1, -0.05) is 0 Å². The monoisotopic (exact) mass is 183 g/mol. The first-order valence-corrected chi connectivity index (χ1v) is 3.68. The van der Waals surface area contributed by atoms with Crippen LogP contribution in [0.3, 0.4) is 0 Å². The van der Waals surface area contributed by atoms with Crippen LogP contribution in [0.1, 0.15) is 0 Å². The van der Waals surface area contributed by atoms with Crippen LogP contribution in [0.5, 0.6) is 0 Å². The summed E-state index contributed by atoms with van der Waals surface area (Å²) in [6.07, 6.45) is 1.19. The molecule has 0 radical (unpaired) electrons. The lowest BCUT2D eigenvalue weighted by molar-refractivity contribution is -0.788. The molecule has 0 unspecified atom stereocenters. The van der Waals surface area contributed by atoms with Gasteiger partial charge in [0.05, 0.1) is 0 Å². The Bertz CT molecular complexity index is 443. The van der Waals surface area contributed by atoms with Crippen LogP contribution in [0.2, 0.25) is 0 Å². The van der Waals surface area contributed by atoms with Crippen LogP contribution >= 0.6 is 0 Å². The average Bonchev–Trinajstić information content (AvgIpc) is 2.51. The van der Waals surface area contributed by atoms with Gasteiger partial charge in [0, 0.05) is 19.0 Å². The van der Waals surface area contributed by atoms with Crippen molar-refractivity contribution in [2.45, 2.75) is 0 Å². The second-order valence-electron chi connectivity index (χ2n) is 2.91. The number of hydrogen-bond donors (Lipinski definition) is 1. The predicted octanol–water partition coefficient (Wildman–Crippen LogP) is 0.307. The molecule has 0 atom stereocenters. The number of nitrogen functional groups attached to an aromatic ring is 1. The Morgan fingerprint density at radius 2 is 2.23 bits per heavy atom. The molecule has 0 aliphatic carbocycles. The van der Waals surface area contributed by atoms with Gasteiger partial charge in [0.2, 0.25) is 11.5 Å². The summed E-state index contributed by atoms with van der Waals surface area (Å²) in [5.74, 6) is 0.495. The fourth-order valence-electron chi connectivity index (χ4n) is 1.16. The van der Waals surface area contributed by atoms with Crippen LogP contribution in [0, 0.1) is 5.21 Å². The Labute approximate surface area is 73.7 Å². The Morgan fingerprint density at radius 3 is 2.77 bits per heavy atom. The highest BCUT2D eigenvalue weighted by Crippen LogP contribution is 2.32. The van der Waals surface area contributed by atoms with E-state index in [1.54, 1.807) is 19.0 Å². The molecule has 6 heteroatoms. The molecule has 0 fully saturated rings. The first-order chi connectivity index (χ1) is 6.09. The van der Waals surface area contributed by atoms with E-state index >= 15 is 0 Å². The molecule has 2 aromatic rings. The molecule has 6 nitrogen and oxygen atoms in total. The molecule has 0 aliphatic heterocycles. The summed E-state index contributed by atoms with van der Waals surface area (Å²) >= 11 is 0. The van der Waals surface area contributed by atoms with Crippen molar-refractivity contribution in [3.63, 3.8) is 0 Å². The van der Waals surface area contributed by atoms with E-state index in [0.29, 0.717) is 27.6 Å². The number of rotatable bonds is 1. The van der Waals surface area contributed by atoms with Crippen LogP contribution in [-0.2, 0) is 0 Å². The lowest BCUT2D eigenvalue weighted by atomic mass is 10.4. The first kappa shape index (κ1) is 7.78. The summed E-state index contributed by atoms with van der Waals surface area (Å²) in [4.78, 5) is 2.02. The molecule has 0 spiro atoms. The van der Waals surface area contributed by atoms with Crippen molar-refractivity contribution >= 4 is 22.7 Å². The molecular weight excluding hydrogens is 174 g/mol. The largest absolute Gasteiger partial charge is 0.431 e. The normalized spacial score (nSPS) is 10.9. The predicted molar refractivity (Wildman–Crippen MR) is 46.2 cm³/mol. The molecule has 2 heterocycles. The number of fused-ring (bicyclic) bond motifs is 1. The van der Waals surface area contributed by atoms with Gasteiger partial charge in [-0.2, -0.15) is 0 Å². The number of furan rings is 1. The van der Waals surface area contributed by atoms with Crippen molar-refractivity contribution in [1.82, 2.24) is 0 Å². The van der Waals surface area contributed by atoms with Crippen molar-refractivity contribution in [1.29, 1.82) is 0 Å². The van der Waals surface area contributed by atoms with E-state index in [-0.39, 0.29) is 0 Å². The van der Waals surface area contributed by atoms with Crippen molar-refractivity contribution in [2.24, 2.45) is 0 Å². The second-order valence-corrected chi connectivity index (χ2v) is 2.91. The van der Waals surface area contributed by atoms with Crippen LogP contribution in [0.15, 0.2) is 15.1 Å². The molecule has 0 aromatic carbocycles. The van der Waals surface area contributed by atoms with Gasteiger partial charge in [-0.05, 0) is 0 Å². The van der Waals surface area contributed by atoms with Gasteiger partial charge >= 0.3 is 0 Å². The number of nitrogens with two attached hydrogens (primary N) is 1. The highest BCUT2D eigenvalue weighted by molar-refractivity contribution is 5.90. The van der Waals surface area contributed by atoms with Gasteiger partial charge in [0.25, 0.3) is 6.20 Å². The topological polar surface area (TPSA) is 82.5 Å². The Balaban J connectivity index is 2.69. The Kier molecular flexibility index (Phi) is 1.39. The zero-order valence-corrected chi connectivity index (χ0v) is 7.27. The molecule has 2 rings (SSSR count). The number of hydrogen-bond acceptors (Lipinski definition) is 5. The number of aromatic nitrogens is 1. The highest BCUT2D eigenvalue weighted by atomic mass is 16.7. The summed E-state index contributed by atoms with van der Waals surface area (Å²) in [7, 11) is 3.58. The van der Waals surface area contributed by atoms with Gasteiger partial charge in [-0.15, -0.1) is 0 Å². The molecular formula is C7H9N3O3. The van der Waals surface area contributed by atoms with Crippen molar-refractivity contribution in [3.8, 4) is 0 Å². The van der Waals surface area contributed by atoms with Crippen molar-refractivity contribution in [2.75, 3.05) is 24.7 Å². The molecule has 13 heavy (non-hydrogen) atoms. The van der Waals surface area contributed by atoms with Gasteiger partial charge < -0.3 is 19.6 Å². The minimum atomic E-state index is 0.290. The first-order valence-electron chi connectivity index (χ1n) is 3.68. The zero-order chi connectivity index (χ0) is 9.59. The van der Waals surface area contributed by atoms with Crippen LogP contribution < -0.4 is 15.5 Å². The standard InChI is InChI=1S/C7H9N3O3/c1-9(2)7-5(8)6-4(12-7)3-10(11)13-6/h3H,8H2,1-2H3. The van der Waals surface area contributed by atoms with Crippen LogP contribution in [0.25, 0.3) is 11.2 Å². The number of anilines is 2. The minimum Gasteiger partial charge on any atom is -0.431 e. The number of nitrogens with zero attached hydrogens (tertiary/aromatic N) is 2. The molecule has 70 valence electrons. The molecule has 0 saturated carbocycles. The Hall–Kier alpha value is -1.85. The van der Waals surface area contributed by atoms with Crippen molar-refractivity contribution < 1.29 is 13.8 Å². The van der Waals surface area contributed by atoms with Crippen molar-refractivity contribution in [3.05, 3.63) is 11.4 Å². The third-order valence-corrected chi connectivity index (χ3v) is 1.72. The quantitative estimate of drug-likeness (QED) is 0.643. The van der Waals surface area contributed by atoms with Gasteiger partial charge in [0.1, 0.15) is 5.69 Å². The van der Waals surface area contributed by atoms with Gasteiger partial charge in [0.15, 0.2) is 5.58 Å². The highest BCUT2D eigenvalue weighted by Gasteiger charge is 2.17. The van der Waals surface area contributed by atoms with E-state index in [0.717, 1.165) is 0 Å². The van der Waals surface area contributed by atoms with Crippen LogP contribution in [0.4, 0.5) is 11.6 Å². The summed E-state index contributed by atoms with van der Waals surface area (Å²) in [6, 6.07) is 0. The molecule has 0 bridgehead atoms. The van der Waals surface area contributed by atoms with Gasteiger partial charge in [-0.3, -0.25) is 5.21 Å². The fraction of sp³-hybridized carbons (Fsp3) is 0.286. The van der Waals surface area contributed by atoms with E-state index in [9.17, 15) is 5.21 Å². The SMILES string of the molecule is CN(C)c1oc2c[n+]([O-])oc2c1N. The maximum atomic E-state index is 10.7. The smallest absolute Gasteiger partial charge is 0.277 e. The third-order valence-electron chi connectivity index (χ3n) is 1.72. The summed E-state index contributed by atoms with van der Waals surface area (Å²) in [5, 5.41) is 10.7. The van der Waals surface area contributed by atoms with E-state index in [4.69, 9.17) is 14.7 Å². The molecule has 0 amide bonds. The summed E-state index contributed by atoms with van der Waals surface area (Å²) in [6.45, 7) is 0. The molecule has 2 N–H and O–H groups in total. The van der Waals surface area contributed by atoms with E-state index in [2.05, 4.69) is 0 Å². The average molecular weight is 183 g/mol. The molecule has 0 saturated heterocycles. The molecule has 0 aliphatic rings. The second kappa shape index (κ2) is 2.32. The van der Waals surface area contributed by atoms with E-state index in [1.807, 2.05) is 0 Å². The Morgan fingerprint density at radius 1 is 1.54 bits per heavy atom. The summed E-state index contributed by atoms with van der Waals surface area (Å²) in [5.41, 5.74) is 6.66. The maximum absolute atomic E-state index is 10.7. The van der Waals surface area contributed by atoms with E-state index < -0.39 is 0 Å². The summed E-state index contributed by atoms with van der Waals surface area (Å²) < 4.78 is 10.0. The lowest BCUT2D eigenvalue weighted by Crippen LogP contribution is -2.20. The fourth-order valence-corrected chi connectivity index (χ4v) is 1.16. The van der Waals surface area contributed by atoms with Gasteiger partial charge in [-0.25, -0.2) is 0 Å². The third kappa shape index (κ3) is 0.986. The maximum Gasteiger partial charge on any atom is 0.277 e. The minimum absolute atomic E-state index is 0.290. The van der Waals surface area contributed by atoms with Crippen LogP contribution in [-0.4, -0.2) is 14.1 Å². The van der Waals surface area contributed by atoms with E-state index in [1.165, 1.54) is 6.20 Å². The zero-order valence-electron chi connectivity index (χ0n) is 7.27.